The molecule has 1 aliphatic rings. The summed E-state index contributed by atoms with van der Waals surface area (Å²) in [5.74, 6) is 2.52. The zero-order chi connectivity index (χ0) is 18.1. The summed E-state index contributed by atoms with van der Waals surface area (Å²) in [6.45, 7) is 9.19. The van der Waals surface area contributed by atoms with E-state index in [2.05, 4.69) is 36.9 Å². The van der Waals surface area contributed by atoms with Crippen LogP contribution in [0.25, 0.3) is 11.5 Å². The van der Waals surface area contributed by atoms with E-state index in [1.165, 1.54) is 6.42 Å². The molecular weight excluding hydrogens is 314 g/mol. The summed E-state index contributed by atoms with van der Waals surface area (Å²) in [7, 11) is 6.01. The Hall–Kier alpha value is -1.85. The van der Waals surface area contributed by atoms with E-state index in [4.69, 9.17) is 14.1 Å². The van der Waals surface area contributed by atoms with E-state index < -0.39 is 0 Å². The second-order valence-corrected chi connectivity index (χ2v) is 7.30. The molecule has 1 aromatic carbocycles. The van der Waals surface area contributed by atoms with Gasteiger partial charge in [0, 0.05) is 31.2 Å². The average Bonchev–Trinajstić information content (AvgIpc) is 3.17. The fourth-order valence-electron chi connectivity index (χ4n) is 3.52. The summed E-state index contributed by atoms with van der Waals surface area (Å²) in [6, 6.07) is 4.78. The SMILES string of the molecule is COc1cc(C)c(-c2nc(CN3CC[C@@H](N(C)C)C3)c(C)o2)cc1C. The third kappa shape index (κ3) is 3.72. The van der Waals surface area contributed by atoms with Crippen LogP contribution in [0.4, 0.5) is 0 Å². The highest BCUT2D eigenvalue weighted by Gasteiger charge is 2.25. The molecule has 5 nitrogen and oxygen atoms in total. The van der Waals surface area contributed by atoms with Gasteiger partial charge >= 0.3 is 0 Å². The van der Waals surface area contributed by atoms with Crippen LogP contribution in [-0.2, 0) is 6.54 Å². The minimum Gasteiger partial charge on any atom is -0.496 e. The Balaban J connectivity index is 1.80. The Labute approximate surface area is 150 Å². The molecule has 5 heteroatoms. The number of hydrogen-bond acceptors (Lipinski definition) is 5. The summed E-state index contributed by atoms with van der Waals surface area (Å²) in [4.78, 5) is 9.58. The first-order chi connectivity index (χ1) is 11.9. The Bertz CT molecular complexity index is 752. The number of oxazole rings is 1. The minimum absolute atomic E-state index is 0.637. The molecule has 0 spiro atoms. The molecule has 2 aromatic rings. The molecule has 1 saturated heterocycles. The summed E-state index contributed by atoms with van der Waals surface area (Å²) in [5, 5.41) is 0. The molecular formula is C20H29N3O2. The van der Waals surface area contributed by atoms with Gasteiger partial charge in [0.2, 0.25) is 5.89 Å². The number of nitrogens with zero attached hydrogens (tertiary/aromatic N) is 3. The van der Waals surface area contributed by atoms with Crippen molar-refractivity contribution in [2.45, 2.75) is 39.8 Å². The van der Waals surface area contributed by atoms with Gasteiger partial charge in [-0.05, 0) is 64.5 Å². The van der Waals surface area contributed by atoms with Crippen LogP contribution < -0.4 is 4.74 Å². The van der Waals surface area contributed by atoms with E-state index >= 15 is 0 Å². The molecule has 3 rings (SSSR count). The lowest BCUT2D eigenvalue weighted by Crippen LogP contribution is -2.31. The van der Waals surface area contributed by atoms with Gasteiger partial charge in [-0.3, -0.25) is 4.90 Å². The predicted octanol–water partition coefficient (Wildman–Crippen LogP) is 3.41. The fourth-order valence-corrected chi connectivity index (χ4v) is 3.52. The molecule has 0 unspecified atom stereocenters. The lowest BCUT2D eigenvalue weighted by Gasteiger charge is -2.19. The van der Waals surface area contributed by atoms with Crippen LogP contribution in [0.2, 0.25) is 0 Å². The Morgan fingerprint density at radius 2 is 2.00 bits per heavy atom. The molecule has 2 heterocycles. The number of ether oxygens (including phenoxy) is 1. The van der Waals surface area contributed by atoms with Gasteiger partial charge in [0.15, 0.2) is 0 Å². The molecule has 1 aromatic heterocycles. The first-order valence-corrected chi connectivity index (χ1v) is 8.89. The topological polar surface area (TPSA) is 41.7 Å². The van der Waals surface area contributed by atoms with Crippen molar-refractivity contribution in [3.8, 4) is 17.2 Å². The largest absolute Gasteiger partial charge is 0.496 e. The normalized spacial score (nSPS) is 18.3. The van der Waals surface area contributed by atoms with Gasteiger partial charge in [0.05, 0.1) is 12.8 Å². The quantitative estimate of drug-likeness (QED) is 0.832. The van der Waals surface area contributed by atoms with Crippen molar-refractivity contribution in [1.82, 2.24) is 14.8 Å². The molecule has 0 saturated carbocycles. The number of aryl methyl sites for hydroxylation is 3. The van der Waals surface area contributed by atoms with Crippen LogP contribution in [0.1, 0.15) is 29.0 Å². The van der Waals surface area contributed by atoms with Gasteiger partial charge in [0.25, 0.3) is 0 Å². The number of rotatable bonds is 5. The predicted molar refractivity (Wildman–Crippen MR) is 100 cm³/mol. The highest BCUT2D eigenvalue weighted by Crippen LogP contribution is 2.31. The highest BCUT2D eigenvalue weighted by molar-refractivity contribution is 5.62. The maximum absolute atomic E-state index is 6.01. The van der Waals surface area contributed by atoms with Gasteiger partial charge in [0.1, 0.15) is 11.5 Å². The van der Waals surface area contributed by atoms with E-state index in [0.717, 1.165) is 53.5 Å². The molecule has 0 aliphatic carbocycles. The maximum Gasteiger partial charge on any atom is 0.226 e. The van der Waals surface area contributed by atoms with Crippen molar-refractivity contribution in [2.24, 2.45) is 0 Å². The molecule has 0 radical (unpaired) electrons. The van der Waals surface area contributed by atoms with Gasteiger partial charge < -0.3 is 14.1 Å². The van der Waals surface area contributed by atoms with Crippen molar-refractivity contribution < 1.29 is 9.15 Å². The number of likely N-dealkylation sites (tertiary alicyclic amines) is 1. The molecule has 136 valence electrons. The third-order valence-electron chi connectivity index (χ3n) is 5.22. The summed E-state index contributed by atoms with van der Waals surface area (Å²) in [5.41, 5.74) is 4.29. The average molecular weight is 343 g/mol. The smallest absolute Gasteiger partial charge is 0.226 e. The van der Waals surface area contributed by atoms with Crippen LogP contribution in [0.5, 0.6) is 5.75 Å². The number of hydrogen-bond donors (Lipinski definition) is 0. The van der Waals surface area contributed by atoms with Crippen LogP contribution >= 0.6 is 0 Å². The van der Waals surface area contributed by atoms with Crippen molar-refractivity contribution in [1.29, 1.82) is 0 Å². The van der Waals surface area contributed by atoms with Gasteiger partial charge in [-0.25, -0.2) is 4.98 Å². The first kappa shape index (κ1) is 18.0. The Morgan fingerprint density at radius 3 is 2.64 bits per heavy atom. The fraction of sp³-hybridized carbons (Fsp3) is 0.550. The van der Waals surface area contributed by atoms with Crippen molar-refractivity contribution in [3.05, 3.63) is 34.7 Å². The number of benzene rings is 1. The van der Waals surface area contributed by atoms with Crippen molar-refractivity contribution >= 4 is 0 Å². The van der Waals surface area contributed by atoms with E-state index in [1.54, 1.807) is 7.11 Å². The molecule has 1 aliphatic heterocycles. The van der Waals surface area contributed by atoms with Crippen molar-refractivity contribution in [2.75, 3.05) is 34.3 Å². The van der Waals surface area contributed by atoms with E-state index in [-0.39, 0.29) is 0 Å². The van der Waals surface area contributed by atoms with E-state index in [9.17, 15) is 0 Å². The molecule has 25 heavy (non-hydrogen) atoms. The van der Waals surface area contributed by atoms with Gasteiger partial charge in [-0.2, -0.15) is 0 Å². The second-order valence-electron chi connectivity index (χ2n) is 7.30. The highest BCUT2D eigenvalue weighted by atomic mass is 16.5. The Morgan fingerprint density at radius 1 is 1.24 bits per heavy atom. The first-order valence-electron chi connectivity index (χ1n) is 8.89. The van der Waals surface area contributed by atoms with Crippen LogP contribution in [0.15, 0.2) is 16.5 Å². The standard InChI is InChI=1S/C20H29N3O2/c1-13-10-19(24-6)14(2)9-17(13)20-21-18(15(3)25-20)12-23-8-7-16(11-23)22(4)5/h9-10,16H,7-8,11-12H2,1-6H3/t16-/m1/s1. The maximum atomic E-state index is 6.01. The van der Waals surface area contributed by atoms with Crippen molar-refractivity contribution in [3.63, 3.8) is 0 Å². The van der Waals surface area contributed by atoms with Crippen LogP contribution in [0.3, 0.4) is 0 Å². The molecule has 1 atom stereocenters. The van der Waals surface area contributed by atoms with Crippen LogP contribution in [0, 0.1) is 20.8 Å². The number of methoxy groups -OCH3 is 1. The monoisotopic (exact) mass is 343 g/mol. The molecule has 0 N–H and O–H groups in total. The molecule has 0 amide bonds. The molecule has 0 bridgehead atoms. The lowest BCUT2D eigenvalue weighted by molar-refractivity contribution is 0.262. The number of likely N-dealkylation sites (N-methyl/N-ethyl adjacent to an activating group) is 1. The summed E-state index contributed by atoms with van der Waals surface area (Å²) < 4.78 is 11.4. The minimum atomic E-state index is 0.637. The zero-order valence-electron chi connectivity index (χ0n) is 16.2. The zero-order valence-corrected chi connectivity index (χ0v) is 16.2. The lowest BCUT2D eigenvalue weighted by atomic mass is 10.0. The Kier molecular flexibility index (Phi) is 5.16. The summed E-state index contributed by atoms with van der Waals surface area (Å²) in [6.07, 6.45) is 1.22. The van der Waals surface area contributed by atoms with E-state index in [0.29, 0.717) is 11.9 Å². The third-order valence-corrected chi connectivity index (χ3v) is 5.22. The number of aromatic nitrogens is 1. The molecule has 1 fully saturated rings. The summed E-state index contributed by atoms with van der Waals surface area (Å²) >= 11 is 0. The van der Waals surface area contributed by atoms with E-state index in [1.807, 2.05) is 19.9 Å². The van der Waals surface area contributed by atoms with Gasteiger partial charge in [-0.15, -0.1) is 0 Å². The second kappa shape index (κ2) is 7.18. The van der Waals surface area contributed by atoms with Crippen LogP contribution in [-0.4, -0.2) is 55.1 Å². The van der Waals surface area contributed by atoms with Gasteiger partial charge in [-0.1, -0.05) is 0 Å².